The first-order valence-electron chi connectivity index (χ1n) is 11.5. The average molecular weight is 439 g/mol. The number of likely N-dealkylation sites (tertiary alicyclic amines) is 1. The van der Waals surface area contributed by atoms with Gasteiger partial charge in [-0.3, -0.25) is 9.59 Å². The zero-order valence-electron chi connectivity index (χ0n) is 18.9. The number of aryl methyl sites for hydroxylation is 1. The van der Waals surface area contributed by atoms with E-state index < -0.39 is 0 Å². The molecule has 1 fully saturated rings. The summed E-state index contributed by atoms with van der Waals surface area (Å²) in [6, 6.07) is 17.8. The number of rotatable bonds is 11. The van der Waals surface area contributed by atoms with E-state index in [1.807, 2.05) is 66.4 Å². The largest absolute Gasteiger partial charge is 0.379 e. The minimum Gasteiger partial charge on any atom is -0.379 e. The van der Waals surface area contributed by atoms with Gasteiger partial charge >= 0.3 is 0 Å². The Morgan fingerprint density at radius 3 is 2.44 bits per heavy atom. The van der Waals surface area contributed by atoms with Crippen LogP contribution in [0, 0.1) is 5.92 Å². The molecule has 0 unspecified atom stereocenters. The molecule has 6 nitrogen and oxygen atoms in total. The third-order valence-corrected chi connectivity index (χ3v) is 5.73. The van der Waals surface area contributed by atoms with Crippen LogP contribution in [0.4, 0.5) is 5.69 Å². The van der Waals surface area contributed by atoms with Gasteiger partial charge in [0.05, 0.1) is 19.8 Å². The highest BCUT2D eigenvalue weighted by molar-refractivity contribution is 5.92. The molecule has 2 amide bonds. The minimum atomic E-state index is -0.0701. The standard InChI is InChI=1S/C26H34N2O4/c1-2-31-17-18-32-20-22-9-6-10-24(19-22)27-26(30)23-13-15-28(16-14-23)25(29)12-11-21-7-4-3-5-8-21/h3-10,19,23H,2,11-18,20H2,1H3,(H,27,30). The van der Waals surface area contributed by atoms with Crippen LogP contribution in [0.2, 0.25) is 0 Å². The normalized spacial score (nSPS) is 14.3. The van der Waals surface area contributed by atoms with Gasteiger partial charge in [0.25, 0.3) is 0 Å². The molecular formula is C26H34N2O4. The molecule has 0 saturated carbocycles. The lowest BCUT2D eigenvalue weighted by atomic mass is 9.95. The highest BCUT2D eigenvalue weighted by atomic mass is 16.5. The Hall–Kier alpha value is -2.70. The van der Waals surface area contributed by atoms with Crippen LogP contribution in [0.15, 0.2) is 54.6 Å². The molecule has 3 rings (SSSR count). The Morgan fingerprint density at radius 1 is 0.969 bits per heavy atom. The molecule has 0 aromatic heterocycles. The Balaban J connectivity index is 1.39. The van der Waals surface area contributed by atoms with E-state index in [4.69, 9.17) is 9.47 Å². The molecule has 172 valence electrons. The predicted octanol–water partition coefficient (Wildman–Crippen LogP) is 4.05. The Bertz CT molecular complexity index is 848. The molecule has 0 atom stereocenters. The first-order valence-corrected chi connectivity index (χ1v) is 11.5. The Kier molecular flexibility index (Phi) is 9.72. The molecule has 2 aromatic rings. The average Bonchev–Trinajstić information content (AvgIpc) is 2.83. The van der Waals surface area contributed by atoms with Crippen molar-refractivity contribution in [1.29, 1.82) is 0 Å². The number of carbonyl (C=O) groups is 2. The van der Waals surface area contributed by atoms with Gasteiger partial charge < -0.3 is 19.7 Å². The van der Waals surface area contributed by atoms with Crippen molar-refractivity contribution >= 4 is 17.5 Å². The monoisotopic (exact) mass is 438 g/mol. The van der Waals surface area contributed by atoms with Crippen molar-refractivity contribution in [2.75, 3.05) is 38.2 Å². The highest BCUT2D eigenvalue weighted by Crippen LogP contribution is 2.21. The van der Waals surface area contributed by atoms with Crippen LogP contribution in [0.3, 0.4) is 0 Å². The van der Waals surface area contributed by atoms with Gasteiger partial charge in [0.15, 0.2) is 0 Å². The van der Waals surface area contributed by atoms with Crippen LogP contribution in [0.5, 0.6) is 0 Å². The van der Waals surface area contributed by atoms with Crippen molar-refractivity contribution in [3.63, 3.8) is 0 Å². The maximum Gasteiger partial charge on any atom is 0.227 e. The SMILES string of the molecule is CCOCCOCc1cccc(NC(=O)C2CCN(C(=O)CCc3ccccc3)CC2)c1. The van der Waals surface area contributed by atoms with Gasteiger partial charge in [0.1, 0.15) is 0 Å². The van der Waals surface area contributed by atoms with Crippen molar-refractivity contribution in [1.82, 2.24) is 4.90 Å². The summed E-state index contributed by atoms with van der Waals surface area (Å²) in [5.41, 5.74) is 2.97. The van der Waals surface area contributed by atoms with Crippen LogP contribution in [0.25, 0.3) is 0 Å². The number of amides is 2. The van der Waals surface area contributed by atoms with Crippen LogP contribution in [-0.2, 0) is 32.1 Å². The van der Waals surface area contributed by atoms with Gasteiger partial charge in [0, 0.05) is 37.7 Å². The number of nitrogens with one attached hydrogen (secondary N) is 1. The second-order valence-corrected chi connectivity index (χ2v) is 8.08. The number of hydrogen-bond donors (Lipinski definition) is 1. The van der Waals surface area contributed by atoms with E-state index in [0.29, 0.717) is 58.8 Å². The van der Waals surface area contributed by atoms with E-state index in [1.165, 1.54) is 5.56 Å². The molecule has 1 N–H and O–H groups in total. The summed E-state index contributed by atoms with van der Waals surface area (Å²) < 4.78 is 10.9. The van der Waals surface area contributed by atoms with Gasteiger partial charge in [-0.05, 0) is 49.4 Å². The van der Waals surface area contributed by atoms with Crippen molar-refractivity contribution in [2.24, 2.45) is 5.92 Å². The lowest BCUT2D eigenvalue weighted by Gasteiger charge is -2.31. The molecule has 0 spiro atoms. The molecule has 32 heavy (non-hydrogen) atoms. The molecule has 0 radical (unpaired) electrons. The van der Waals surface area contributed by atoms with E-state index in [1.54, 1.807) is 0 Å². The van der Waals surface area contributed by atoms with E-state index in [0.717, 1.165) is 17.7 Å². The fourth-order valence-electron chi connectivity index (χ4n) is 3.88. The van der Waals surface area contributed by atoms with Crippen LogP contribution >= 0.6 is 0 Å². The number of hydrogen-bond acceptors (Lipinski definition) is 4. The zero-order chi connectivity index (χ0) is 22.6. The second kappa shape index (κ2) is 13.0. The Morgan fingerprint density at radius 2 is 1.69 bits per heavy atom. The van der Waals surface area contributed by atoms with E-state index in [-0.39, 0.29) is 17.7 Å². The molecule has 1 aliphatic heterocycles. The van der Waals surface area contributed by atoms with Crippen LogP contribution in [0.1, 0.15) is 37.3 Å². The van der Waals surface area contributed by atoms with E-state index >= 15 is 0 Å². The number of ether oxygens (including phenoxy) is 2. The predicted molar refractivity (Wildman–Crippen MR) is 125 cm³/mol. The van der Waals surface area contributed by atoms with Gasteiger partial charge in [-0.2, -0.15) is 0 Å². The number of benzene rings is 2. The fourth-order valence-corrected chi connectivity index (χ4v) is 3.88. The second-order valence-electron chi connectivity index (χ2n) is 8.08. The molecule has 0 bridgehead atoms. The summed E-state index contributed by atoms with van der Waals surface area (Å²) in [7, 11) is 0. The van der Waals surface area contributed by atoms with Crippen molar-refractivity contribution in [2.45, 2.75) is 39.2 Å². The number of anilines is 1. The molecular weight excluding hydrogens is 404 g/mol. The smallest absolute Gasteiger partial charge is 0.227 e. The zero-order valence-corrected chi connectivity index (χ0v) is 18.9. The quantitative estimate of drug-likeness (QED) is 0.538. The van der Waals surface area contributed by atoms with Gasteiger partial charge in [0.2, 0.25) is 11.8 Å². The lowest BCUT2D eigenvalue weighted by Crippen LogP contribution is -2.41. The summed E-state index contributed by atoms with van der Waals surface area (Å²) in [5, 5.41) is 3.03. The number of nitrogens with zero attached hydrogens (tertiary/aromatic N) is 1. The number of piperidine rings is 1. The highest BCUT2D eigenvalue weighted by Gasteiger charge is 2.27. The maximum atomic E-state index is 12.7. The summed E-state index contributed by atoms with van der Waals surface area (Å²) >= 11 is 0. The minimum absolute atomic E-state index is 0.0239. The lowest BCUT2D eigenvalue weighted by molar-refractivity contribution is -0.134. The summed E-state index contributed by atoms with van der Waals surface area (Å²) in [5.74, 6) is 0.125. The molecule has 6 heteroatoms. The summed E-state index contributed by atoms with van der Waals surface area (Å²) in [4.78, 5) is 27.2. The fraction of sp³-hybridized carbons (Fsp3) is 0.462. The van der Waals surface area contributed by atoms with E-state index in [2.05, 4.69) is 5.32 Å². The summed E-state index contributed by atoms with van der Waals surface area (Å²) in [6.45, 7) is 5.54. The third kappa shape index (κ3) is 7.77. The van der Waals surface area contributed by atoms with Crippen molar-refractivity contribution < 1.29 is 19.1 Å². The van der Waals surface area contributed by atoms with Crippen molar-refractivity contribution in [3.05, 3.63) is 65.7 Å². The van der Waals surface area contributed by atoms with Crippen LogP contribution < -0.4 is 5.32 Å². The maximum absolute atomic E-state index is 12.7. The van der Waals surface area contributed by atoms with Crippen molar-refractivity contribution in [3.8, 4) is 0 Å². The Labute approximate surface area is 190 Å². The number of carbonyl (C=O) groups excluding carboxylic acids is 2. The van der Waals surface area contributed by atoms with Crippen LogP contribution in [-0.4, -0.2) is 49.6 Å². The molecule has 0 aliphatic carbocycles. The van der Waals surface area contributed by atoms with E-state index in [9.17, 15) is 9.59 Å². The first kappa shape index (κ1) is 24.0. The first-order chi connectivity index (χ1) is 15.7. The summed E-state index contributed by atoms with van der Waals surface area (Å²) in [6.07, 6.45) is 2.67. The third-order valence-electron chi connectivity index (χ3n) is 5.73. The molecule has 1 aliphatic rings. The molecule has 1 saturated heterocycles. The van der Waals surface area contributed by atoms with Gasteiger partial charge in [-0.1, -0.05) is 42.5 Å². The van der Waals surface area contributed by atoms with Gasteiger partial charge in [-0.25, -0.2) is 0 Å². The molecule has 2 aromatic carbocycles. The van der Waals surface area contributed by atoms with Gasteiger partial charge in [-0.15, -0.1) is 0 Å². The molecule has 1 heterocycles. The topological polar surface area (TPSA) is 67.9 Å².